The number of halogens is 1. The van der Waals surface area contributed by atoms with Crippen molar-refractivity contribution in [3.05, 3.63) is 34.3 Å². The summed E-state index contributed by atoms with van der Waals surface area (Å²) in [6.45, 7) is 0.363. The summed E-state index contributed by atoms with van der Waals surface area (Å²) < 4.78 is 0. The van der Waals surface area contributed by atoms with E-state index in [0.29, 0.717) is 16.1 Å². The minimum Gasteiger partial charge on any atom is -0.211 e. The second-order valence-electron chi connectivity index (χ2n) is 2.71. The van der Waals surface area contributed by atoms with Crippen LogP contribution in [-0.4, -0.2) is 12.2 Å². The lowest BCUT2D eigenvalue weighted by atomic mass is 10.1. The lowest BCUT2D eigenvalue weighted by molar-refractivity contribution is 0.562. The Balaban J connectivity index is 2.98. The third-order valence-electron chi connectivity index (χ3n) is 1.79. The fourth-order valence-corrected chi connectivity index (χ4v) is 1.36. The molecule has 1 aromatic rings. The topological polar surface area (TPSA) is 58.9 Å². The summed E-state index contributed by atoms with van der Waals surface area (Å²) >= 11 is 6.00. The molecular weight excluding hydrogens is 216 g/mol. The van der Waals surface area contributed by atoms with Gasteiger partial charge in [0.15, 0.2) is 0 Å². The summed E-state index contributed by atoms with van der Waals surface area (Å²) in [5.41, 5.74) is 1.41. The molecule has 4 nitrogen and oxygen atoms in total. The first-order valence-electron chi connectivity index (χ1n) is 4.13. The van der Waals surface area contributed by atoms with Gasteiger partial charge in [0, 0.05) is 0 Å². The third kappa shape index (κ3) is 3.15. The van der Waals surface area contributed by atoms with Gasteiger partial charge in [0.05, 0.1) is 18.1 Å². The van der Waals surface area contributed by atoms with Gasteiger partial charge in [0.1, 0.15) is 0 Å². The number of aliphatic imine (C=N–C) groups is 2. The molecule has 0 saturated carbocycles. The van der Waals surface area contributed by atoms with Gasteiger partial charge in [0.25, 0.3) is 0 Å². The molecule has 0 aliphatic rings. The standard InChI is InChI=1S/C10H7ClN2O2/c11-10-8(4-12-6-14)2-1-3-9(10)5-13-7-15/h1-3H,4-5H2. The molecule has 0 radical (unpaired) electrons. The molecule has 0 amide bonds. The van der Waals surface area contributed by atoms with E-state index in [9.17, 15) is 9.59 Å². The molecule has 0 heterocycles. The van der Waals surface area contributed by atoms with Gasteiger partial charge in [-0.25, -0.2) is 19.6 Å². The normalized spacial score (nSPS) is 8.87. The highest BCUT2D eigenvalue weighted by Gasteiger charge is 2.04. The van der Waals surface area contributed by atoms with Gasteiger partial charge >= 0.3 is 0 Å². The minimum absolute atomic E-state index is 0.182. The van der Waals surface area contributed by atoms with Crippen molar-refractivity contribution in [3.63, 3.8) is 0 Å². The number of carbonyl (C=O) groups excluding carboxylic acids is 2. The van der Waals surface area contributed by atoms with Crippen LogP contribution >= 0.6 is 11.6 Å². The van der Waals surface area contributed by atoms with E-state index < -0.39 is 0 Å². The second kappa shape index (κ2) is 5.89. The number of hydrogen-bond donors (Lipinski definition) is 0. The lowest BCUT2D eigenvalue weighted by Crippen LogP contribution is -1.89. The predicted octanol–water partition coefficient (Wildman–Crippen LogP) is 2.01. The van der Waals surface area contributed by atoms with Crippen LogP contribution in [0, 0.1) is 0 Å². The monoisotopic (exact) mass is 222 g/mol. The Morgan fingerprint density at radius 3 is 1.93 bits per heavy atom. The number of hydrogen-bond acceptors (Lipinski definition) is 4. The van der Waals surface area contributed by atoms with Gasteiger partial charge in [-0.3, -0.25) is 0 Å². The van der Waals surface area contributed by atoms with E-state index >= 15 is 0 Å². The summed E-state index contributed by atoms with van der Waals surface area (Å²) in [5, 5.41) is 0.468. The van der Waals surface area contributed by atoms with E-state index in [1.165, 1.54) is 12.2 Å². The molecule has 0 saturated heterocycles. The molecule has 0 aliphatic heterocycles. The second-order valence-corrected chi connectivity index (χ2v) is 3.08. The van der Waals surface area contributed by atoms with Gasteiger partial charge in [-0.1, -0.05) is 29.8 Å². The van der Waals surface area contributed by atoms with Gasteiger partial charge < -0.3 is 0 Å². The number of nitrogens with zero attached hydrogens (tertiary/aromatic N) is 2. The lowest BCUT2D eigenvalue weighted by Gasteiger charge is -2.04. The van der Waals surface area contributed by atoms with Crippen LogP contribution in [0.1, 0.15) is 11.1 Å². The summed E-state index contributed by atoms with van der Waals surface area (Å²) in [6.07, 6.45) is 2.87. The van der Waals surface area contributed by atoms with Crippen molar-refractivity contribution in [1.29, 1.82) is 0 Å². The van der Waals surface area contributed by atoms with Crippen molar-refractivity contribution >= 4 is 23.8 Å². The maximum Gasteiger partial charge on any atom is 0.235 e. The SMILES string of the molecule is O=C=NCc1cccc(CN=C=O)c1Cl. The Labute approximate surface area is 91.3 Å². The molecule has 0 spiro atoms. The molecule has 1 rings (SSSR count). The number of isocyanates is 2. The molecule has 0 unspecified atom stereocenters. The van der Waals surface area contributed by atoms with Crippen LogP contribution in [0.2, 0.25) is 5.02 Å². The van der Waals surface area contributed by atoms with Gasteiger partial charge in [-0.05, 0) is 11.1 Å². The molecular formula is C10H7ClN2O2. The fraction of sp³-hybridized carbons (Fsp3) is 0.200. The zero-order valence-corrected chi connectivity index (χ0v) is 8.49. The molecule has 0 N–H and O–H groups in total. The van der Waals surface area contributed by atoms with E-state index in [4.69, 9.17) is 11.6 Å². The molecule has 0 aromatic heterocycles. The Bertz CT molecular complexity index is 408. The third-order valence-corrected chi connectivity index (χ3v) is 2.27. The minimum atomic E-state index is 0.182. The van der Waals surface area contributed by atoms with Crippen molar-refractivity contribution in [2.24, 2.45) is 9.98 Å². The van der Waals surface area contributed by atoms with Gasteiger partial charge in [-0.2, -0.15) is 0 Å². The van der Waals surface area contributed by atoms with Crippen LogP contribution in [0.15, 0.2) is 28.2 Å². The average molecular weight is 223 g/mol. The largest absolute Gasteiger partial charge is 0.235 e. The Kier molecular flexibility index (Phi) is 4.45. The van der Waals surface area contributed by atoms with E-state index in [2.05, 4.69) is 9.98 Å². The first-order valence-corrected chi connectivity index (χ1v) is 4.51. The summed E-state index contributed by atoms with van der Waals surface area (Å²) in [6, 6.07) is 5.26. The predicted molar refractivity (Wildman–Crippen MR) is 55.1 cm³/mol. The van der Waals surface area contributed by atoms with Crippen LogP contribution in [-0.2, 0) is 22.7 Å². The summed E-state index contributed by atoms with van der Waals surface area (Å²) in [7, 11) is 0. The van der Waals surface area contributed by atoms with E-state index in [1.807, 2.05) is 0 Å². The van der Waals surface area contributed by atoms with Crippen molar-refractivity contribution in [2.45, 2.75) is 13.1 Å². The molecule has 1 aromatic carbocycles. The van der Waals surface area contributed by atoms with Crippen molar-refractivity contribution in [2.75, 3.05) is 0 Å². The van der Waals surface area contributed by atoms with Gasteiger partial charge in [0.2, 0.25) is 12.2 Å². The van der Waals surface area contributed by atoms with Crippen LogP contribution in [0.25, 0.3) is 0 Å². The van der Waals surface area contributed by atoms with E-state index in [-0.39, 0.29) is 13.1 Å². The zero-order chi connectivity index (χ0) is 11.1. The Morgan fingerprint density at radius 1 is 1.07 bits per heavy atom. The molecule has 5 heteroatoms. The maximum absolute atomic E-state index is 9.94. The number of benzene rings is 1. The molecule has 0 bridgehead atoms. The number of rotatable bonds is 4. The quantitative estimate of drug-likeness (QED) is 0.578. The molecule has 76 valence electrons. The van der Waals surface area contributed by atoms with Crippen LogP contribution < -0.4 is 0 Å². The van der Waals surface area contributed by atoms with Crippen molar-refractivity contribution in [1.82, 2.24) is 0 Å². The van der Waals surface area contributed by atoms with E-state index in [1.54, 1.807) is 18.2 Å². The molecule has 0 fully saturated rings. The molecule has 0 aliphatic carbocycles. The van der Waals surface area contributed by atoms with E-state index in [0.717, 1.165) is 0 Å². The average Bonchev–Trinajstić information content (AvgIpc) is 2.26. The smallest absolute Gasteiger partial charge is 0.211 e. The Morgan fingerprint density at radius 2 is 1.53 bits per heavy atom. The van der Waals surface area contributed by atoms with Crippen LogP contribution in [0.4, 0.5) is 0 Å². The summed E-state index contributed by atoms with van der Waals surface area (Å²) in [4.78, 5) is 26.7. The highest BCUT2D eigenvalue weighted by atomic mass is 35.5. The van der Waals surface area contributed by atoms with Crippen LogP contribution in [0.5, 0.6) is 0 Å². The van der Waals surface area contributed by atoms with Gasteiger partial charge in [-0.15, -0.1) is 0 Å². The fourth-order valence-electron chi connectivity index (χ4n) is 1.11. The first-order chi connectivity index (χ1) is 7.29. The Hall–Kier alpha value is -1.73. The van der Waals surface area contributed by atoms with Crippen molar-refractivity contribution < 1.29 is 9.59 Å². The highest BCUT2D eigenvalue weighted by molar-refractivity contribution is 6.32. The molecule has 15 heavy (non-hydrogen) atoms. The first kappa shape index (κ1) is 11.3. The van der Waals surface area contributed by atoms with Crippen LogP contribution in [0.3, 0.4) is 0 Å². The molecule has 0 atom stereocenters. The zero-order valence-electron chi connectivity index (χ0n) is 7.74. The maximum atomic E-state index is 9.94. The highest BCUT2D eigenvalue weighted by Crippen LogP contribution is 2.22. The van der Waals surface area contributed by atoms with Crippen molar-refractivity contribution in [3.8, 4) is 0 Å². The summed E-state index contributed by atoms with van der Waals surface area (Å²) in [5.74, 6) is 0.